The average Bonchev–Trinajstić information content (AvgIpc) is 3.15. The molecule has 2 aromatic carbocycles. The molecule has 0 atom stereocenters. The highest BCUT2D eigenvalue weighted by Gasteiger charge is 2.15. The Hall–Kier alpha value is -2.64. The number of nitrogens with zero attached hydrogens (tertiary/aromatic N) is 1. The van der Waals surface area contributed by atoms with Crippen molar-refractivity contribution in [1.29, 1.82) is 0 Å². The number of halogens is 1. The number of amidine groups is 1. The molecule has 5 nitrogen and oxygen atoms in total. The molecule has 0 radical (unpaired) electrons. The van der Waals surface area contributed by atoms with E-state index in [4.69, 9.17) is 0 Å². The molecule has 0 spiro atoms. The first-order chi connectivity index (χ1) is 13.7. The maximum atomic E-state index is 12.6. The van der Waals surface area contributed by atoms with Crippen molar-refractivity contribution in [2.24, 2.45) is 0 Å². The molecule has 0 aliphatic heterocycles. The summed E-state index contributed by atoms with van der Waals surface area (Å²) in [4.78, 5) is 15.8. The number of nitrogens with one attached hydrogen (secondary N) is 3. The second-order valence-electron chi connectivity index (χ2n) is 6.22. The summed E-state index contributed by atoms with van der Waals surface area (Å²) < 4.78 is 0. The highest BCUT2D eigenvalue weighted by Crippen LogP contribution is 2.20. The first-order valence-corrected chi connectivity index (χ1v) is 9.96. The molecule has 0 amide bonds. The summed E-state index contributed by atoms with van der Waals surface area (Å²) in [6.07, 6.45) is 1.77. The van der Waals surface area contributed by atoms with Crippen LogP contribution in [0.3, 0.4) is 0 Å². The number of aromatic nitrogens is 2. The van der Waals surface area contributed by atoms with Crippen molar-refractivity contribution in [3.05, 3.63) is 84.6 Å². The number of Topliss-reactive ketones (excluding diaryl/α,β-unsaturated/α-hetero) is 1. The first kappa shape index (κ1) is 22.6. The molecule has 0 unspecified atom stereocenters. The number of carbonyl (C=O) groups is 1. The zero-order valence-electron chi connectivity index (χ0n) is 16.1. The van der Waals surface area contributed by atoms with E-state index in [9.17, 15) is 4.79 Å². The van der Waals surface area contributed by atoms with Crippen LogP contribution in [0.25, 0.3) is 11.1 Å². The fraction of sp³-hybridized carbons (Fsp3) is 0.136. The van der Waals surface area contributed by atoms with Crippen molar-refractivity contribution in [1.82, 2.24) is 10.2 Å². The maximum Gasteiger partial charge on any atom is 0.311 e. The van der Waals surface area contributed by atoms with Crippen LogP contribution in [-0.4, -0.2) is 33.4 Å². The number of H-pyrrole nitrogens is 1. The minimum absolute atomic E-state index is 0. The lowest BCUT2D eigenvalue weighted by molar-refractivity contribution is -0.441. The molecule has 0 aliphatic carbocycles. The Morgan fingerprint density at radius 2 is 1.86 bits per heavy atom. The van der Waals surface area contributed by atoms with Crippen LogP contribution in [0, 0.1) is 6.92 Å². The molecule has 3 rings (SSSR count). The standard InChI is InChI=1S/C22H22N4OS.BrH/c1-3-13-23-22(24-21-14-16(2)25-26-21)28-15-20(27)19-11-9-18(10-12-19)17-7-5-4-6-8-17;/h3-12,14H,1,13,15H2,2H3,(H2,23,24,25,26);1H. The van der Waals surface area contributed by atoms with Gasteiger partial charge >= 0.3 is 5.17 Å². The Kier molecular flexibility index (Phi) is 8.89. The molecule has 1 heterocycles. The van der Waals surface area contributed by atoms with Crippen LogP contribution < -0.4 is 27.3 Å². The van der Waals surface area contributed by atoms with Crippen molar-refractivity contribution in [3.63, 3.8) is 0 Å². The Balaban J connectivity index is 0.00000300. The number of aryl methyl sites for hydroxylation is 1. The van der Waals surface area contributed by atoms with Gasteiger partial charge in [0, 0.05) is 17.3 Å². The van der Waals surface area contributed by atoms with E-state index in [0.29, 0.717) is 23.7 Å². The Labute approximate surface area is 185 Å². The van der Waals surface area contributed by atoms with E-state index in [1.54, 1.807) is 6.08 Å². The van der Waals surface area contributed by atoms with Crippen molar-refractivity contribution in [2.75, 3.05) is 17.6 Å². The molecule has 3 aromatic rings. The van der Waals surface area contributed by atoms with Gasteiger partial charge in [-0.3, -0.25) is 14.9 Å². The number of carbonyl (C=O) groups excluding carboxylic acids is 1. The molecule has 0 aliphatic rings. The van der Waals surface area contributed by atoms with Crippen LogP contribution >= 0.6 is 11.8 Å². The largest absolute Gasteiger partial charge is 1.00 e. The van der Waals surface area contributed by atoms with Gasteiger partial charge in [0.25, 0.3) is 0 Å². The van der Waals surface area contributed by atoms with Crippen LogP contribution in [0.4, 0.5) is 5.82 Å². The molecular weight excluding hydrogens is 448 g/mol. The summed E-state index contributed by atoms with van der Waals surface area (Å²) in [5.74, 6) is 1.10. The molecule has 0 saturated carbocycles. The van der Waals surface area contributed by atoms with Gasteiger partial charge in [0.2, 0.25) is 5.82 Å². The van der Waals surface area contributed by atoms with Gasteiger partial charge in [-0.25, -0.2) is 5.32 Å². The normalized spacial score (nSPS) is 10.9. The first-order valence-electron chi connectivity index (χ1n) is 8.98. The highest BCUT2D eigenvalue weighted by molar-refractivity contribution is 8.14. The van der Waals surface area contributed by atoms with E-state index in [-0.39, 0.29) is 22.8 Å². The summed E-state index contributed by atoms with van der Waals surface area (Å²) in [5, 5.41) is 11.0. The lowest BCUT2D eigenvalue weighted by atomic mass is 10.0. The molecule has 29 heavy (non-hydrogen) atoms. The van der Waals surface area contributed by atoms with Gasteiger partial charge in [-0.2, -0.15) is 0 Å². The molecule has 7 heteroatoms. The predicted octanol–water partition coefficient (Wildman–Crippen LogP) is 0.0397. The Bertz CT molecular complexity index is 968. The summed E-state index contributed by atoms with van der Waals surface area (Å²) >= 11 is 1.41. The van der Waals surface area contributed by atoms with Crippen LogP contribution in [-0.2, 0) is 0 Å². The van der Waals surface area contributed by atoms with E-state index in [1.165, 1.54) is 11.8 Å². The monoisotopic (exact) mass is 470 g/mol. The van der Waals surface area contributed by atoms with Crippen LogP contribution in [0.15, 0.2) is 73.3 Å². The van der Waals surface area contributed by atoms with Gasteiger partial charge in [-0.05, 0) is 29.8 Å². The number of aromatic amines is 1. The van der Waals surface area contributed by atoms with Gasteiger partial charge in [-0.1, -0.05) is 67.3 Å². The summed E-state index contributed by atoms with van der Waals surface area (Å²) in [6.45, 7) is 6.25. The van der Waals surface area contributed by atoms with Crippen molar-refractivity contribution >= 4 is 28.5 Å². The summed E-state index contributed by atoms with van der Waals surface area (Å²) in [7, 11) is 0. The van der Waals surface area contributed by atoms with Gasteiger partial charge in [0.05, 0.1) is 5.75 Å². The van der Waals surface area contributed by atoms with Crippen molar-refractivity contribution in [2.45, 2.75) is 6.92 Å². The topological polar surface area (TPSA) is 71.8 Å². The number of benzene rings is 2. The number of hydrogen-bond acceptors (Lipinski definition) is 3. The molecular formula is C22H23BrN4OS. The third-order valence-corrected chi connectivity index (χ3v) is 4.96. The number of anilines is 1. The third-order valence-electron chi connectivity index (χ3n) is 4.02. The molecule has 1 aromatic heterocycles. The zero-order chi connectivity index (χ0) is 19.8. The van der Waals surface area contributed by atoms with Crippen LogP contribution in [0.2, 0.25) is 0 Å². The number of rotatable bonds is 7. The predicted molar refractivity (Wildman–Crippen MR) is 117 cm³/mol. The second-order valence-corrected chi connectivity index (χ2v) is 7.20. The molecule has 0 saturated heterocycles. The van der Waals surface area contributed by atoms with E-state index in [1.807, 2.05) is 55.5 Å². The van der Waals surface area contributed by atoms with Gasteiger partial charge in [0.1, 0.15) is 6.54 Å². The minimum Gasteiger partial charge on any atom is -1.00 e. The summed E-state index contributed by atoms with van der Waals surface area (Å²) in [6, 6.07) is 19.8. The number of ketones is 1. The third kappa shape index (κ3) is 6.73. The van der Waals surface area contributed by atoms with E-state index in [0.717, 1.165) is 22.0 Å². The minimum atomic E-state index is 0. The maximum absolute atomic E-state index is 12.6. The molecule has 0 bridgehead atoms. The fourth-order valence-corrected chi connectivity index (χ4v) is 3.40. The van der Waals surface area contributed by atoms with Crippen molar-refractivity contribution < 1.29 is 26.8 Å². The second kappa shape index (κ2) is 11.4. The average molecular weight is 471 g/mol. The SMILES string of the molecule is C=CC[NH+]=C(Nc1cc(C)[nH]n1)SCC(=O)c1ccc(-c2ccccc2)cc1.[Br-]. The number of hydrogen-bond donors (Lipinski definition) is 3. The lowest BCUT2D eigenvalue weighted by Crippen LogP contribution is -3.00. The van der Waals surface area contributed by atoms with Gasteiger partial charge in [-0.15, -0.1) is 5.10 Å². The van der Waals surface area contributed by atoms with Crippen LogP contribution in [0.1, 0.15) is 16.1 Å². The quantitative estimate of drug-likeness (QED) is 0.197. The lowest BCUT2D eigenvalue weighted by Gasteiger charge is -2.04. The fourth-order valence-electron chi connectivity index (χ4n) is 2.59. The smallest absolute Gasteiger partial charge is 0.311 e. The van der Waals surface area contributed by atoms with Gasteiger partial charge in [0.15, 0.2) is 5.78 Å². The van der Waals surface area contributed by atoms with E-state index >= 15 is 0 Å². The van der Waals surface area contributed by atoms with Crippen molar-refractivity contribution in [3.8, 4) is 11.1 Å². The molecule has 0 fully saturated rings. The number of thioether (sulfide) groups is 1. The van der Waals surface area contributed by atoms with E-state index in [2.05, 4.69) is 39.2 Å². The Morgan fingerprint density at radius 1 is 1.17 bits per heavy atom. The molecule has 3 N–H and O–H groups in total. The highest BCUT2D eigenvalue weighted by atomic mass is 79.9. The van der Waals surface area contributed by atoms with Gasteiger partial charge < -0.3 is 17.0 Å². The zero-order valence-corrected chi connectivity index (χ0v) is 18.5. The van der Waals surface area contributed by atoms with Crippen LogP contribution in [0.5, 0.6) is 0 Å². The summed E-state index contributed by atoms with van der Waals surface area (Å²) in [5.41, 5.74) is 3.90. The Morgan fingerprint density at radius 3 is 2.48 bits per heavy atom. The van der Waals surface area contributed by atoms with E-state index < -0.39 is 0 Å². The molecule has 150 valence electrons.